The maximum Gasteiger partial charge on any atom is 0.150 e. The second-order valence-electron chi connectivity index (χ2n) is 6.38. The molecular formula is C17H21BrN2O2. The van der Waals surface area contributed by atoms with Crippen LogP contribution in [0.15, 0.2) is 16.7 Å². The number of benzene rings is 1. The average Bonchev–Trinajstić information content (AvgIpc) is 2.99. The van der Waals surface area contributed by atoms with Crippen molar-refractivity contribution in [1.29, 1.82) is 0 Å². The van der Waals surface area contributed by atoms with Gasteiger partial charge in [0.25, 0.3) is 0 Å². The van der Waals surface area contributed by atoms with Gasteiger partial charge in [0.15, 0.2) is 6.23 Å². The number of aliphatic hydroxyl groups excluding tert-OH is 1. The highest BCUT2D eigenvalue weighted by atomic mass is 79.9. The van der Waals surface area contributed by atoms with Crippen molar-refractivity contribution in [3.05, 3.63) is 27.9 Å². The standard InChI is InChI=1S/C17H21BrN2O2/c18-17-13-9-19-20(15-6-1-2-7-22-15)14(13)8-11-4-3-5-12(10-21)16(11)17/h8-9,12,15,21H,1-7,10H2. The van der Waals surface area contributed by atoms with E-state index in [2.05, 4.69) is 27.1 Å². The van der Waals surface area contributed by atoms with Crippen LogP contribution in [0.4, 0.5) is 0 Å². The van der Waals surface area contributed by atoms with Gasteiger partial charge in [-0.2, -0.15) is 5.10 Å². The molecule has 0 saturated carbocycles. The fourth-order valence-corrected chi connectivity index (χ4v) is 4.76. The SMILES string of the molecule is OCC1CCCc2cc3c(cnn3C3CCCCO3)c(Br)c21. The minimum absolute atomic E-state index is 0.0634. The molecule has 2 atom stereocenters. The van der Waals surface area contributed by atoms with Gasteiger partial charge in [0.05, 0.1) is 11.7 Å². The van der Waals surface area contributed by atoms with E-state index >= 15 is 0 Å². The predicted octanol–water partition coefficient (Wildman–Crippen LogP) is 3.91. The van der Waals surface area contributed by atoms with Gasteiger partial charge < -0.3 is 9.84 Å². The van der Waals surface area contributed by atoms with Gasteiger partial charge in [-0.25, -0.2) is 4.68 Å². The molecule has 0 amide bonds. The molecule has 2 heterocycles. The van der Waals surface area contributed by atoms with Crippen LogP contribution in [0.25, 0.3) is 10.9 Å². The van der Waals surface area contributed by atoms with Gasteiger partial charge in [0.1, 0.15) is 0 Å². The van der Waals surface area contributed by atoms with E-state index in [1.165, 1.54) is 17.5 Å². The number of hydrogen-bond acceptors (Lipinski definition) is 3. The molecular weight excluding hydrogens is 344 g/mol. The zero-order valence-corrected chi connectivity index (χ0v) is 14.2. The Morgan fingerprint density at radius 3 is 3.00 bits per heavy atom. The maximum absolute atomic E-state index is 9.68. The number of hydrogen-bond donors (Lipinski definition) is 1. The molecule has 2 aromatic rings. The van der Waals surface area contributed by atoms with Gasteiger partial charge in [0.2, 0.25) is 0 Å². The van der Waals surface area contributed by atoms with Crippen molar-refractivity contribution in [3.63, 3.8) is 0 Å². The first-order valence-electron chi connectivity index (χ1n) is 8.20. The van der Waals surface area contributed by atoms with Gasteiger partial charge in [-0.05, 0) is 71.6 Å². The topological polar surface area (TPSA) is 47.3 Å². The van der Waals surface area contributed by atoms with Crippen molar-refractivity contribution >= 4 is 26.8 Å². The Morgan fingerprint density at radius 1 is 1.32 bits per heavy atom. The molecule has 0 bridgehead atoms. The number of ether oxygens (including phenoxy) is 1. The van der Waals surface area contributed by atoms with Crippen molar-refractivity contribution in [2.75, 3.05) is 13.2 Å². The van der Waals surface area contributed by atoms with Crippen LogP contribution in [-0.4, -0.2) is 28.1 Å². The normalized spacial score (nSPS) is 25.4. The summed E-state index contributed by atoms with van der Waals surface area (Å²) in [6.07, 6.45) is 8.66. The molecule has 118 valence electrons. The van der Waals surface area contributed by atoms with Crippen LogP contribution in [0.1, 0.15) is 55.4 Å². The van der Waals surface area contributed by atoms with Crippen molar-refractivity contribution in [2.24, 2.45) is 0 Å². The van der Waals surface area contributed by atoms with Crippen molar-refractivity contribution in [1.82, 2.24) is 9.78 Å². The number of aryl methyl sites for hydroxylation is 1. The van der Waals surface area contributed by atoms with E-state index in [4.69, 9.17) is 4.74 Å². The quantitative estimate of drug-likeness (QED) is 0.878. The first kappa shape index (κ1) is 14.7. The Labute approximate surface area is 138 Å². The van der Waals surface area contributed by atoms with Crippen LogP contribution in [0.2, 0.25) is 0 Å². The lowest BCUT2D eigenvalue weighted by Crippen LogP contribution is -2.19. The van der Waals surface area contributed by atoms with Crippen molar-refractivity contribution < 1.29 is 9.84 Å². The third kappa shape index (κ3) is 2.30. The zero-order valence-electron chi connectivity index (χ0n) is 12.6. The molecule has 2 unspecified atom stereocenters. The molecule has 2 aliphatic rings. The van der Waals surface area contributed by atoms with Crippen molar-refractivity contribution in [2.45, 2.75) is 50.7 Å². The molecule has 1 aromatic heterocycles. The smallest absolute Gasteiger partial charge is 0.150 e. The minimum atomic E-state index is 0.0634. The van der Waals surface area contributed by atoms with Crippen LogP contribution in [-0.2, 0) is 11.2 Å². The number of aliphatic hydroxyl groups is 1. The molecule has 4 rings (SSSR count). The summed E-state index contributed by atoms with van der Waals surface area (Å²) < 4.78 is 9.06. The molecule has 1 aliphatic carbocycles. The van der Waals surface area contributed by atoms with E-state index < -0.39 is 0 Å². The Hall–Kier alpha value is -0.910. The average molecular weight is 365 g/mol. The zero-order chi connectivity index (χ0) is 15.1. The van der Waals surface area contributed by atoms with Gasteiger partial charge in [-0.1, -0.05) is 0 Å². The molecule has 1 saturated heterocycles. The summed E-state index contributed by atoms with van der Waals surface area (Å²) >= 11 is 3.78. The second-order valence-corrected chi connectivity index (χ2v) is 7.17. The van der Waals surface area contributed by atoms with E-state index in [0.717, 1.165) is 54.1 Å². The van der Waals surface area contributed by atoms with Gasteiger partial charge >= 0.3 is 0 Å². The number of fused-ring (bicyclic) bond motifs is 2. The molecule has 0 spiro atoms. The molecule has 0 radical (unpaired) electrons. The first-order valence-corrected chi connectivity index (χ1v) is 9.00. The summed E-state index contributed by atoms with van der Waals surface area (Å²) in [7, 11) is 0. The molecule has 1 N–H and O–H groups in total. The lowest BCUT2D eigenvalue weighted by atomic mass is 9.82. The van der Waals surface area contributed by atoms with E-state index in [9.17, 15) is 5.11 Å². The summed E-state index contributed by atoms with van der Waals surface area (Å²) in [4.78, 5) is 0. The lowest BCUT2D eigenvalue weighted by molar-refractivity contribution is -0.0366. The minimum Gasteiger partial charge on any atom is -0.396 e. The highest BCUT2D eigenvalue weighted by molar-refractivity contribution is 9.10. The monoisotopic (exact) mass is 364 g/mol. The van der Waals surface area contributed by atoms with Crippen LogP contribution < -0.4 is 0 Å². The maximum atomic E-state index is 9.68. The number of halogens is 1. The molecule has 1 fully saturated rings. The number of nitrogens with zero attached hydrogens (tertiary/aromatic N) is 2. The fraction of sp³-hybridized carbons (Fsp3) is 0.588. The Bertz CT molecular complexity index is 692. The highest BCUT2D eigenvalue weighted by Gasteiger charge is 2.26. The first-order chi connectivity index (χ1) is 10.8. The van der Waals surface area contributed by atoms with Gasteiger partial charge in [-0.15, -0.1) is 0 Å². The Kier molecular flexibility index (Phi) is 3.96. The second kappa shape index (κ2) is 5.95. The van der Waals surface area contributed by atoms with Crippen LogP contribution >= 0.6 is 15.9 Å². The fourth-order valence-electron chi connectivity index (χ4n) is 3.87. The molecule has 4 nitrogen and oxygen atoms in total. The summed E-state index contributed by atoms with van der Waals surface area (Å²) in [5, 5.41) is 15.4. The molecule has 1 aliphatic heterocycles. The summed E-state index contributed by atoms with van der Waals surface area (Å²) in [5.74, 6) is 0.247. The van der Waals surface area contributed by atoms with E-state index in [0.29, 0.717) is 0 Å². The molecule has 22 heavy (non-hydrogen) atoms. The van der Waals surface area contributed by atoms with Crippen molar-refractivity contribution in [3.8, 4) is 0 Å². The Balaban J connectivity index is 1.85. The summed E-state index contributed by atoms with van der Waals surface area (Å²) in [5.41, 5.74) is 3.78. The largest absolute Gasteiger partial charge is 0.396 e. The molecule has 1 aromatic carbocycles. The number of rotatable bonds is 2. The van der Waals surface area contributed by atoms with Gasteiger partial charge in [0, 0.05) is 29.0 Å². The Morgan fingerprint density at radius 2 is 2.23 bits per heavy atom. The van der Waals surface area contributed by atoms with Crippen LogP contribution in [0.3, 0.4) is 0 Å². The third-order valence-corrected chi connectivity index (χ3v) is 5.87. The summed E-state index contributed by atoms with van der Waals surface area (Å²) in [6.45, 7) is 1.04. The number of aromatic nitrogens is 2. The third-order valence-electron chi connectivity index (χ3n) is 5.02. The van der Waals surface area contributed by atoms with E-state index in [1.807, 2.05) is 10.9 Å². The van der Waals surface area contributed by atoms with Crippen LogP contribution in [0, 0.1) is 0 Å². The highest BCUT2D eigenvalue weighted by Crippen LogP contribution is 2.41. The lowest BCUT2D eigenvalue weighted by Gasteiger charge is -2.27. The predicted molar refractivity (Wildman–Crippen MR) is 89.0 cm³/mol. The van der Waals surface area contributed by atoms with E-state index in [-0.39, 0.29) is 18.8 Å². The van der Waals surface area contributed by atoms with Gasteiger partial charge in [-0.3, -0.25) is 0 Å². The van der Waals surface area contributed by atoms with Crippen LogP contribution in [0.5, 0.6) is 0 Å². The summed E-state index contributed by atoms with van der Waals surface area (Å²) in [6, 6.07) is 2.27. The molecule has 5 heteroatoms. The van der Waals surface area contributed by atoms with E-state index in [1.54, 1.807) is 0 Å².